The normalized spacial score (nSPS) is 15.2. The number of thioether (sulfide) groups is 1. The minimum atomic E-state index is -0.480. The van der Waals surface area contributed by atoms with Crippen LogP contribution in [0.5, 0.6) is 0 Å². The van der Waals surface area contributed by atoms with Crippen molar-refractivity contribution in [2.45, 2.75) is 26.8 Å². The molecule has 6 nitrogen and oxygen atoms in total. The van der Waals surface area contributed by atoms with Crippen LogP contribution in [0.4, 0.5) is 11.4 Å². The van der Waals surface area contributed by atoms with Gasteiger partial charge in [-0.1, -0.05) is 66.4 Å². The van der Waals surface area contributed by atoms with Gasteiger partial charge in [0.25, 0.3) is 5.91 Å². The molecular weight excluding hydrogens is 456 g/mol. The van der Waals surface area contributed by atoms with Gasteiger partial charge >= 0.3 is 0 Å². The van der Waals surface area contributed by atoms with E-state index in [0.29, 0.717) is 16.4 Å². The molecular formula is C28H28N4O2S. The second-order valence-electron chi connectivity index (χ2n) is 8.37. The van der Waals surface area contributed by atoms with E-state index in [1.807, 2.05) is 99.6 Å². The van der Waals surface area contributed by atoms with E-state index in [4.69, 9.17) is 4.99 Å². The molecule has 7 heteroatoms. The lowest BCUT2D eigenvalue weighted by atomic mass is 9.96. The monoisotopic (exact) mass is 484 g/mol. The van der Waals surface area contributed by atoms with Crippen molar-refractivity contribution in [1.82, 2.24) is 5.32 Å². The number of amides is 2. The zero-order chi connectivity index (χ0) is 24.8. The maximum Gasteiger partial charge on any atom is 0.255 e. The molecule has 1 aliphatic rings. The van der Waals surface area contributed by atoms with E-state index >= 15 is 0 Å². The van der Waals surface area contributed by atoms with E-state index in [1.54, 1.807) is 0 Å². The van der Waals surface area contributed by atoms with Gasteiger partial charge in [-0.3, -0.25) is 9.59 Å². The zero-order valence-corrected chi connectivity index (χ0v) is 20.8. The van der Waals surface area contributed by atoms with Crippen molar-refractivity contribution in [3.05, 3.63) is 107 Å². The van der Waals surface area contributed by atoms with Crippen LogP contribution >= 0.6 is 11.8 Å². The highest BCUT2D eigenvalue weighted by Crippen LogP contribution is 2.33. The molecule has 2 amide bonds. The fourth-order valence-electron chi connectivity index (χ4n) is 3.76. The Labute approximate surface area is 209 Å². The van der Waals surface area contributed by atoms with Crippen molar-refractivity contribution in [2.24, 2.45) is 4.99 Å². The fraction of sp³-hybridized carbons (Fsp3) is 0.179. The second-order valence-corrected chi connectivity index (χ2v) is 9.33. The Hall–Kier alpha value is -3.84. The molecule has 178 valence electrons. The van der Waals surface area contributed by atoms with Gasteiger partial charge in [-0.25, -0.2) is 4.99 Å². The first-order valence-electron chi connectivity index (χ1n) is 11.4. The van der Waals surface area contributed by atoms with Gasteiger partial charge in [0, 0.05) is 17.1 Å². The van der Waals surface area contributed by atoms with Crippen molar-refractivity contribution in [3.8, 4) is 0 Å². The van der Waals surface area contributed by atoms with Crippen LogP contribution in [0.1, 0.15) is 29.7 Å². The topological polar surface area (TPSA) is 82.6 Å². The third-order valence-electron chi connectivity index (χ3n) is 5.74. The Morgan fingerprint density at radius 1 is 0.857 bits per heavy atom. The summed E-state index contributed by atoms with van der Waals surface area (Å²) in [6.07, 6.45) is 0. The molecule has 0 saturated carbocycles. The molecule has 35 heavy (non-hydrogen) atoms. The predicted molar refractivity (Wildman–Crippen MR) is 145 cm³/mol. The number of aryl methyl sites for hydroxylation is 2. The number of carbonyl (C=O) groups is 2. The van der Waals surface area contributed by atoms with Gasteiger partial charge in [0.15, 0.2) is 5.17 Å². The van der Waals surface area contributed by atoms with Crippen LogP contribution in [-0.2, 0) is 9.59 Å². The number of carbonyl (C=O) groups excluding carboxylic acids is 2. The first kappa shape index (κ1) is 24.3. The molecule has 0 aromatic heterocycles. The van der Waals surface area contributed by atoms with Crippen LogP contribution in [0.25, 0.3) is 0 Å². The van der Waals surface area contributed by atoms with Crippen LogP contribution in [0.3, 0.4) is 0 Å². The van der Waals surface area contributed by atoms with E-state index in [2.05, 4.69) is 16.0 Å². The van der Waals surface area contributed by atoms with E-state index in [1.165, 1.54) is 17.3 Å². The average Bonchev–Trinajstić information content (AvgIpc) is 2.85. The molecule has 3 N–H and O–H groups in total. The Balaban J connectivity index is 1.49. The van der Waals surface area contributed by atoms with Crippen LogP contribution in [0, 0.1) is 13.8 Å². The smallest absolute Gasteiger partial charge is 0.255 e. The largest absolute Gasteiger partial charge is 0.338 e. The quantitative estimate of drug-likeness (QED) is 0.426. The molecule has 0 saturated heterocycles. The van der Waals surface area contributed by atoms with Gasteiger partial charge in [-0.15, -0.1) is 0 Å². The maximum absolute atomic E-state index is 13.2. The second kappa shape index (κ2) is 11.1. The lowest BCUT2D eigenvalue weighted by Crippen LogP contribution is -2.32. The molecule has 0 aliphatic carbocycles. The summed E-state index contributed by atoms with van der Waals surface area (Å²) >= 11 is 1.31. The number of nitrogens with zero attached hydrogens (tertiary/aromatic N) is 1. The van der Waals surface area contributed by atoms with Crippen LogP contribution < -0.4 is 16.0 Å². The van der Waals surface area contributed by atoms with Crippen molar-refractivity contribution < 1.29 is 9.59 Å². The average molecular weight is 485 g/mol. The van der Waals surface area contributed by atoms with E-state index in [0.717, 1.165) is 22.5 Å². The maximum atomic E-state index is 13.2. The number of hydrogen-bond acceptors (Lipinski definition) is 5. The fourth-order valence-corrected chi connectivity index (χ4v) is 4.51. The van der Waals surface area contributed by atoms with Gasteiger partial charge < -0.3 is 16.0 Å². The Bertz CT molecular complexity index is 1290. The summed E-state index contributed by atoms with van der Waals surface area (Å²) in [4.78, 5) is 30.6. The SMILES string of the molecule is CC1=C(C(=O)Nc2ccccc2)[C@@H](c2ccccc2)N=C(SCC(=O)Nc2ccc(C)c(C)c2)N1. The third kappa shape index (κ3) is 6.19. The number of rotatable bonds is 6. The number of para-hydroxylation sites is 1. The summed E-state index contributed by atoms with van der Waals surface area (Å²) in [5.74, 6) is -0.136. The summed E-state index contributed by atoms with van der Waals surface area (Å²) < 4.78 is 0. The van der Waals surface area contributed by atoms with Gasteiger partial charge in [0.05, 0.1) is 11.3 Å². The minimum Gasteiger partial charge on any atom is -0.338 e. The van der Waals surface area contributed by atoms with E-state index in [9.17, 15) is 9.59 Å². The van der Waals surface area contributed by atoms with Gasteiger partial charge in [-0.2, -0.15) is 0 Å². The van der Waals surface area contributed by atoms with Crippen molar-refractivity contribution >= 4 is 40.1 Å². The lowest BCUT2D eigenvalue weighted by Gasteiger charge is -2.26. The molecule has 0 spiro atoms. The predicted octanol–water partition coefficient (Wildman–Crippen LogP) is 5.59. The van der Waals surface area contributed by atoms with Crippen LogP contribution in [0.2, 0.25) is 0 Å². The molecule has 3 aromatic carbocycles. The number of allylic oxidation sites excluding steroid dienone is 1. The summed E-state index contributed by atoms with van der Waals surface area (Å²) in [6.45, 7) is 5.92. The molecule has 0 bridgehead atoms. The number of amidine groups is 1. The number of nitrogens with one attached hydrogen (secondary N) is 3. The van der Waals surface area contributed by atoms with Crippen molar-refractivity contribution in [1.29, 1.82) is 0 Å². The van der Waals surface area contributed by atoms with Crippen LogP contribution in [0.15, 0.2) is 95.1 Å². The summed E-state index contributed by atoms with van der Waals surface area (Å²) in [6, 6.07) is 24.4. The number of anilines is 2. The Kier molecular flexibility index (Phi) is 7.67. The first-order valence-corrected chi connectivity index (χ1v) is 12.4. The summed E-state index contributed by atoms with van der Waals surface area (Å²) in [5, 5.41) is 9.73. The van der Waals surface area contributed by atoms with Crippen LogP contribution in [-0.4, -0.2) is 22.7 Å². The Morgan fingerprint density at radius 3 is 2.23 bits per heavy atom. The molecule has 3 aromatic rings. The van der Waals surface area contributed by atoms with E-state index in [-0.39, 0.29) is 17.6 Å². The van der Waals surface area contributed by atoms with Gasteiger partial charge in [0.1, 0.15) is 6.04 Å². The molecule has 1 atom stereocenters. The summed E-state index contributed by atoms with van der Waals surface area (Å²) in [5.41, 5.74) is 5.96. The third-order valence-corrected chi connectivity index (χ3v) is 6.63. The van der Waals surface area contributed by atoms with Gasteiger partial charge in [0.2, 0.25) is 5.91 Å². The highest BCUT2D eigenvalue weighted by atomic mass is 32.2. The number of aliphatic imine (C=N–C) groups is 1. The van der Waals surface area contributed by atoms with Crippen molar-refractivity contribution in [3.63, 3.8) is 0 Å². The first-order chi connectivity index (χ1) is 16.9. The highest BCUT2D eigenvalue weighted by Gasteiger charge is 2.29. The molecule has 0 radical (unpaired) electrons. The van der Waals surface area contributed by atoms with Gasteiger partial charge in [-0.05, 0) is 61.7 Å². The molecule has 0 unspecified atom stereocenters. The molecule has 1 heterocycles. The molecule has 1 aliphatic heterocycles. The molecule has 4 rings (SSSR count). The standard InChI is InChI=1S/C28H28N4O2S/c1-18-14-15-23(16-19(18)2)30-24(33)17-35-28-29-20(3)25(26(32-28)21-10-6-4-7-11-21)27(34)31-22-12-8-5-9-13-22/h4-16,26H,17H2,1-3H3,(H,29,32)(H,30,33)(H,31,34)/t26-/m1/s1. The minimum absolute atomic E-state index is 0.117. The highest BCUT2D eigenvalue weighted by molar-refractivity contribution is 8.14. The number of benzene rings is 3. The van der Waals surface area contributed by atoms with E-state index < -0.39 is 6.04 Å². The Morgan fingerprint density at radius 2 is 1.54 bits per heavy atom. The van der Waals surface area contributed by atoms with Crippen molar-refractivity contribution in [2.75, 3.05) is 16.4 Å². The number of hydrogen-bond donors (Lipinski definition) is 3. The lowest BCUT2D eigenvalue weighted by molar-refractivity contribution is -0.114. The summed E-state index contributed by atoms with van der Waals surface area (Å²) in [7, 11) is 0. The zero-order valence-electron chi connectivity index (χ0n) is 20.0. The molecule has 0 fully saturated rings.